The number of carbonyl (C=O) groups is 1. The molecule has 1 unspecified atom stereocenters. The Morgan fingerprint density at radius 2 is 1.96 bits per heavy atom. The molecule has 3 rings (SSSR count). The molecule has 5 heteroatoms. The number of thioether (sulfide) groups is 1. The van der Waals surface area contributed by atoms with Gasteiger partial charge >= 0.3 is 0 Å². The second-order valence-electron chi connectivity index (χ2n) is 5.48. The highest BCUT2D eigenvalue weighted by atomic mass is 35.5. The van der Waals surface area contributed by atoms with Crippen molar-refractivity contribution in [2.24, 2.45) is 0 Å². The molecule has 0 aliphatic carbocycles. The van der Waals surface area contributed by atoms with Gasteiger partial charge in [0.15, 0.2) is 0 Å². The van der Waals surface area contributed by atoms with Crippen LogP contribution in [0.4, 0.5) is 4.39 Å². The Balaban J connectivity index is 1.71. The molecule has 120 valence electrons. The summed E-state index contributed by atoms with van der Waals surface area (Å²) in [7, 11) is 0. The fourth-order valence-corrected chi connectivity index (χ4v) is 4.22. The van der Waals surface area contributed by atoms with Crippen LogP contribution in [-0.2, 0) is 0 Å². The maximum absolute atomic E-state index is 13.1. The van der Waals surface area contributed by atoms with E-state index in [1.54, 1.807) is 0 Å². The number of hydrogen-bond donors (Lipinski definition) is 0. The van der Waals surface area contributed by atoms with Gasteiger partial charge < -0.3 is 4.90 Å². The molecule has 2 nitrogen and oxygen atoms in total. The summed E-state index contributed by atoms with van der Waals surface area (Å²) in [5, 5.41) is 0.573. The van der Waals surface area contributed by atoms with Crippen LogP contribution in [0.5, 0.6) is 0 Å². The Hall–Kier alpha value is -1.52. The molecular weight excluding hydrogens is 333 g/mol. The fourth-order valence-electron chi connectivity index (χ4n) is 2.74. The van der Waals surface area contributed by atoms with Gasteiger partial charge in [-0.15, -0.1) is 0 Å². The third kappa shape index (κ3) is 3.88. The molecule has 0 bridgehead atoms. The molecule has 2 aromatic rings. The number of halogens is 2. The van der Waals surface area contributed by atoms with E-state index in [0.29, 0.717) is 23.9 Å². The van der Waals surface area contributed by atoms with Gasteiger partial charge in [0.2, 0.25) is 0 Å². The first-order valence-corrected chi connectivity index (χ1v) is 8.98. The van der Waals surface area contributed by atoms with Crippen LogP contribution in [0.15, 0.2) is 48.5 Å². The molecule has 1 aliphatic heterocycles. The van der Waals surface area contributed by atoms with E-state index in [4.69, 9.17) is 11.6 Å². The molecule has 1 saturated heterocycles. The van der Waals surface area contributed by atoms with E-state index in [2.05, 4.69) is 12.1 Å². The smallest absolute Gasteiger partial charge is 0.255 e. The van der Waals surface area contributed by atoms with Crippen molar-refractivity contribution in [2.75, 3.05) is 18.8 Å². The largest absolute Gasteiger partial charge is 0.338 e. The summed E-state index contributed by atoms with van der Waals surface area (Å²) in [5.41, 5.74) is 1.67. The Kier molecular flexibility index (Phi) is 5.23. The third-order valence-corrected chi connectivity index (χ3v) is 5.60. The lowest BCUT2D eigenvalue weighted by Gasteiger charge is -2.21. The molecule has 1 fully saturated rings. The lowest BCUT2D eigenvalue weighted by atomic mass is 10.1. The molecule has 0 radical (unpaired) electrons. The standard InChI is InChI=1S/C18H17ClFNOS/c19-16-12-14(20)6-7-15(16)18(22)21-9-8-17(23-11-10-21)13-4-2-1-3-5-13/h1-7,12,17H,8-11H2. The van der Waals surface area contributed by atoms with Crippen molar-refractivity contribution in [2.45, 2.75) is 11.7 Å². The van der Waals surface area contributed by atoms with Crippen LogP contribution in [0, 0.1) is 5.82 Å². The van der Waals surface area contributed by atoms with Crippen molar-refractivity contribution in [3.8, 4) is 0 Å². The lowest BCUT2D eigenvalue weighted by Crippen LogP contribution is -2.33. The number of rotatable bonds is 2. The van der Waals surface area contributed by atoms with Crippen molar-refractivity contribution >= 4 is 29.3 Å². The molecule has 23 heavy (non-hydrogen) atoms. The van der Waals surface area contributed by atoms with Gasteiger partial charge in [0.25, 0.3) is 5.91 Å². The molecule has 0 aromatic heterocycles. The topological polar surface area (TPSA) is 20.3 Å². The zero-order chi connectivity index (χ0) is 16.2. The zero-order valence-electron chi connectivity index (χ0n) is 12.5. The molecule has 0 N–H and O–H groups in total. The highest BCUT2D eigenvalue weighted by Crippen LogP contribution is 2.34. The SMILES string of the molecule is O=C(c1ccc(F)cc1Cl)N1CCSC(c2ccccc2)CC1. The van der Waals surface area contributed by atoms with Crippen molar-refractivity contribution in [3.05, 3.63) is 70.5 Å². The summed E-state index contributed by atoms with van der Waals surface area (Å²) in [6.45, 7) is 1.36. The van der Waals surface area contributed by atoms with E-state index in [-0.39, 0.29) is 10.9 Å². The summed E-state index contributed by atoms with van der Waals surface area (Å²) in [6.07, 6.45) is 0.902. The maximum Gasteiger partial charge on any atom is 0.255 e. The Bertz CT molecular complexity index is 695. The van der Waals surface area contributed by atoms with E-state index in [1.807, 2.05) is 34.9 Å². The van der Waals surface area contributed by atoms with E-state index in [9.17, 15) is 9.18 Å². The average Bonchev–Trinajstić information content (AvgIpc) is 2.81. The van der Waals surface area contributed by atoms with Crippen molar-refractivity contribution < 1.29 is 9.18 Å². The highest BCUT2D eigenvalue weighted by Gasteiger charge is 2.24. The van der Waals surface area contributed by atoms with E-state index < -0.39 is 5.82 Å². The van der Waals surface area contributed by atoms with Gasteiger partial charge in [-0.1, -0.05) is 41.9 Å². The van der Waals surface area contributed by atoms with Crippen molar-refractivity contribution in [1.29, 1.82) is 0 Å². The number of carbonyl (C=O) groups excluding carboxylic acids is 1. The zero-order valence-corrected chi connectivity index (χ0v) is 14.1. The minimum atomic E-state index is -0.429. The first-order chi connectivity index (χ1) is 11.1. The highest BCUT2D eigenvalue weighted by molar-refractivity contribution is 7.99. The summed E-state index contributed by atoms with van der Waals surface area (Å²) in [4.78, 5) is 14.5. The van der Waals surface area contributed by atoms with E-state index >= 15 is 0 Å². The van der Waals surface area contributed by atoms with Crippen LogP contribution in [-0.4, -0.2) is 29.6 Å². The van der Waals surface area contributed by atoms with Gasteiger partial charge in [0, 0.05) is 24.1 Å². The molecular formula is C18H17ClFNOS. The maximum atomic E-state index is 13.1. The quantitative estimate of drug-likeness (QED) is 0.776. The van der Waals surface area contributed by atoms with Gasteiger partial charge in [0.05, 0.1) is 10.6 Å². The molecule has 0 spiro atoms. The Morgan fingerprint density at radius 3 is 2.70 bits per heavy atom. The number of amides is 1. The summed E-state index contributed by atoms with van der Waals surface area (Å²) in [6, 6.07) is 14.3. The number of hydrogen-bond acceptors (Lipinski definition) is 2. The Labute approximate surface area is 144 Å². The van der Waals surface area contributed by atoms with Crippen LogP contribution in [0.25, 0.3) is 0 Å². The lowest BCUT2D eigenvalue weighted by molar-refractivity contribution is 0.0766. The molecule has 0 saturated carbocycles. The van der Waals surface area contributed by atoms with Gasteiger partial charge in [-0.05, 0) is 30.2 Å². The van der Waals surface area contributed by atoms with Gasteiger partial charge in [-0.2, -0.15) is 11.8 Å². The van der Waals surface area contributed by atoms with Crippen LogP contribution in [0.1, 0.15) is 27.6 Å². The van der Waals surface area contributed by atoms with Crippen LogP contribution in [0.3, 0.4) is 0 Å². The molecule has 1 atom stereocenters. The van der Waals surface area contributed by atoms with Gasteiger partial charge in [-0.3, -0.25) is 4.79 Å². The van der Waals surface area contributed by atoms with Gasteiger partial charge in [-0.25, -0.2) is 4.39 Å². The molecule has 1 aliphatic rings. The first-order valence-electron chi connectivity index (χ1n) is 7.56. The van der Waals surface area contributed by atoms with Crippen LogP contribution in [0.2, 0.25) is 5.02 Å². The van der Waals surface area contributed by atoms with Crippen LogP contribution < -0.4 is 0 Å². The first kappa shape index (κ1) is 16.3. The number of nitrogens with zero attached hydrogens (tertiary/aromatic N) is 1. The van der Waals surface area contributed by atoms with Gasteiger partial charge in [0.1, 0.15) is 5.82 Å². The predicted octanol–water partition coefficient (Wildman–Crippen LogP) is 4.80. The molecule has 1 heterocycles. The Morgan fingerprint density at radius 1 is 1.17 bits per heavy atom. The number of benzene rings is 2. The predicted molar refractivity (Wildman–Crippen MR) is 93.6 cm³/mol. The fraction of sp³-hybridized carbons (Fsp3) is 0.278. The second-order valence-corrected chi connectivity index (χ2v) is 7.19. The summed E-state index contributed by atoms with van der Waals surface area (Å²) < 4.78 is 13.1. The normalized spacial score (nSPS) is 18.5. The molecule has 1 amide bonds. The second kappa shape index (κ2) is 7.37. The van der Waals surface area contributed by atoms with E-state index in [1.165, 1.54) is 23.8 Å². The average molecular weight is 350 g/mol. The third-order valence-electron chi connectivity index (χ3n) is 3.96. The van der Waals surface area contributed by atoms with Crippen LogP contribution >= 0.6 is 23.4 Å². The minimum absolute atomic E-state index is 0.121. The molecule has 2 aromatic carbocycles. The van der Waals surface area contributed by atoms with E-state index in [0.717, 1.165) is 12.2 Å². The minimum Gasteiger partial charge on any atom is -0.338 e. The monoisotopic (exact) mass is 349 g/mol. The van der Waals surface area contributed by atoms with Crippen molar-refractivity contribution in [3.63, 3.8) is 0 Å². The summed E-state index contributed by atoms with van der Waals surface area (Å²) >= 11 is 7.89. The summed E-state index contributed by atoms with van der Waals surface area (Å²) in [5.74, 6) is 0.329. The van der Waals surface area contributed by atoms with Crippen molar-refractivity contribution in [1.82, 2.24) is 4.90 Å².